The van der Waals surface area contributed by atoms with Crippen LogP contribution in [0, 0.1) is 0 Å². The topological polar surface area (TPSA) is 37.8 Å². The molecule has 0 aromatic carbocycles. The minimum absolute atomic E-state index is 0.177. The highest BCUT2D eigenvalue weighted by molar-refractivity contribution is 7.11. The fourth-order valence-corrected chi connectivity index (χ4v) is 2.53. The molecule has 0 aliphatic rings. The van der Waals surface area contributed by atoms with Gasteiger partial charge in [-0.15, -0.1) is 21.5 Å². The molecule has 3 nitrogen and oxygen atoms in total. The maximum atomic E-state index is 12.5. The van der Waals surface area contributed by atoms with E-state index >= 15 is 0 Å². The number of nitrogens with zero attached hydrogens (tertiary/aromatic N) is 2. The van der Waals surface area contributed by atoms with Crippen LogP contribution in [0.1, 0.15) is 29.3 Å². The summed E-state index contributed by atoms with van der Waals surface area (Å²) in [6.07, 6.45) is -9.96. The van der Waals surface area contributed by atoms with E-state index in [0.717, 1.165) is 6.54 Å². The van der Waals surface area contributed by atoms with E-state index in [-0.39, 0.29) is 5.01 Å². The Morgan fingerprint density at radius 1 is 1.10 bits per heavy atom. The zero-order valence-corrected chi connectivity index (χ0v) is 11.3. The minimum Gasteiger partial charge on any atom is -0.317 e. The van der Waals surface area contributed by atoms with Gasteiger partial charge in [0, 0.05) is 6.42 Å². The zero-order valence-electron chi connectivity index (χ0n) is 10.5. The van der Waals surface area contributed by atoms with Gasteiger partial charge in [-0.05, 0) is 19.5 Å². The van der Waals surface area contributed by atoms with Gasteiger partial charge in [-0.25, -0.2) is 0 Å². The van der Waals surface area contributed by atoms with Gasteiger partial charge in [-0.1, -0.05) is 6.92 Å². The number of halogens is 6. The number of rotatable bonds is 6. The number of alkyl halides is 6. The monoisotopic (exact) mass is 321 g/mol. The molecule has 0 fully saturated rings. The molecule has 0 aliphatic carbocycles. The maximum Gasteiger partial charge on any atom is 0.406 e. The summed E-state index contributed by atoms with van der Waals surface area (Å²) in [5, 5.41) is 8.58. The Labute approximate surface area is 115 Å². The lowest BCUT2D eigenvalue weighted by atomic mass is 10.1. The first-order chi connectivity index (χ1) is 9.16. The largest absolute Gasteiger partial charge is 0.406 e. The SMILES string of the molecule is CCNCCCc1nnc(C(C(F)(F)F)C(F)(F)F)s1. The van der Waals surface area contributed by atoms with E-state index in [1.807, 2.05) is 6.92 Å². The maximum absolute atomic E-state index is 12.5. The molecule has 20 heavy (non-hydrogen) atoms. The molecule has 0 radical (unpaired) electrons. The Balaban J connectivity index is 2.77. The van der Waals surface area contributed by atoms with Crippen molar-refractivity contribution >= 4 is 11.3 Å². The molecule has 0 saturated heterocycles. The van der Waals surface area contributed by atoms with Crippen LogP contribution in [-0.2, 0) is 6.42 Å². The second kappa shape index (κ2) is 6.70. The third-order valence-electron chi connectivity index (χ3n) is 2.38. The summed E-state index contributed by atoms with van der Waals surface area (Å²) in [6.45, 7) is 3.25. The fourth-order valence-electron chi connectivity index (χ4n) is 1.49. The van der Waals surface area contributed by atoms with Crippen molar-refractivity contribution in [3.8, 4) is 0 Å². The van der Waals surface area contributed by atoms with Crippen molar-refractivity contribution in [1.29, 1.82) is 0 Å². The molecule has 1 aromatic heterocycles. The molecule has 0 spiro atoms. The minimum atomic E-state index is -5.42. The molecule has 0 atom stereocenters. The van der Waals surface area contributed by atoms with E-state index in [2.05, 4.69) is 15.5 Å². The third kappa shape index (κ3) is 4.89. The molecular weight excluding hydrogens is 308 g/mol. The summed E-state index contributed by atoms with van der Waals surface area (Å²) in [5.41, 5.74) is 0. The number of aromatic nitrogens is 2. The standard InChI is InChI=1S/C10H13F6N3S/c1-2-17-5-3-4-6-18-19-8(20-6)7(9(11,12)13)10(14,15)16/h7,17H,2-5H2,1H3. The summed E-state index contributed by atoms with van der Waals surface area (Å²) in [4.78, 5) is 0. The van der Waals surface area contributed by atoms with Crippen LogP contribution in [0.4, 0.5) is 26.3 Å². The lowest BCUT2D eigenvalue weighted by molar-refractivity contribution is -0.253. The molecule has 1 aromatic rings. The van der Waals surface area contributed by atoms with E-state index < -0.39 is 23.3 Å². The lowest BCUT2D eigenvalue weighted by Crippen LogP contribution is -2.34. The van der Waals surface area contributed by atoms with Gasteiger partial charge in [-0.3, -0.25) is 0 Å². The van der Waals surface area contributed by atoms with Gasteiger partial charge >= 0.3 is 12.4 Å². The third-order valence-corrected chi connectivity index (χ3v) is 3.43. The first-order valence-corrected chi connectivity index (χ1v) is 6.64. The van der Waals surface area contributed by atoms with Gasteiger partial charge in [0.05, 0.1) is 0 Å². The number of nitrogens with one attached hydrogen (secondary N) is 1. The van der Waals surface area contributed by atoms with Gasteiger partial charge in [0.15, 0.2) is 0 Å². The lowest BCUT2D eigenvalue weighted by Gasteiger charge is -2.20. The summed E-state index contributed by atoms with van der Waals surface area (Å²) in [7, 11) is 0. The molecule has 1 N–H and O–H groups in total. The Bertz CT molecular complexity index is 400. The van der Waals surface area contributed by atoms with Gasteiger partial charge in [0.2, 0.25) is 5.92 Å². The first-order valence-electron chi connectivity index (χ1n) is 5.82. The number of hydrogen-bond acceptors (Lipinski definition) is 4. The summed E-state index contributed by atoms with van der Waals surface area (Å²) in [6, 6.07) is 0. The van der Waals surface area contributed by atoms with Crippen molar-refractivity contribution in [3.63, 3.8) is 0 Å². The first kappa shape index (κ1) is 17.2. The van der Waals surface area contributed by atoms with Crippen LogP contribution in [0.2, 0.25) is 0 Å². The van der Waals surface area contributed by atoms with E-state index in [4.69, 9.17) is 0 Å². The van der Waals surface area contributed by atoms with Crippen molar-refractivity contribution in [2.24, 2.45) is 0 Å². The van der Waals surface area contributed by atoms with Crippen LogP contribution in [0.15, 0.2) is 0 Å². The van der Waals surface area contributed by atoms with Gasteiger partial charge in [0.25, 0.3) is 0 Å². The molecule has 0 saturated carbocycles. The average molecular weight is 321 g/mol. The quantitative estimate of drug-likeness (QED) is 0.645. The molecule has 0 unspecified atom stereocenters. The van der Waals surface area contributed by atoms with Gasteiger partial charge < -0.3 is 5.32 Å². The Kier molecular flexibility index (Phi) is 5.75. The molecule has 1 rings (SSSR count). The predicted molar refractivity (Wildman–Crippen MR) is 61.6 cm³/mol. The Hall–Kier alpha value is -0.900. The number of hydrogen-bond donors (Lipinski definition) is 1. The van der Waals surface area contributed by atoms with Crippen LogP contribution >= 0.6 is 11.3 Å². The highest BCUT2D eigenvalue weighted by Gasteiger charge is 2.59. The molecule has 0 amide bonds. The average Bonchev–Trinajstić information content (AvgIpc) is 2.68. The predicted octanol–water partition coefficient (Wildman–Crippen LogP) is 3.29. The van der Waals surface area contributed by atoms with Crippen LogP contribution in [0.25, 0.3) is 0 Å². The highest BCUT2D eigenvalue weighted by atomic mass is 32.1. The normalized spacial score (nSPS) is 13.2. The van der Waals surface area contributed by atoms with Crippen molar-refractivity contribution in [1.82, 2.24) is 15.5 Å². The van der Waals surface area contributed by atoms with Gasteiger partial charge in [-0.2, -0.15) is 26.3 Å². The van der Waals surface area contributed by atoms with Crippen LogP contribution in [-0.4, -0.2) is 35.6 Å². The zero-order chi connectivity index (χ0) is 15.4. The highest BCUT2D eigenvalue weighted by Crippen LogP contribution is 2.46. The number of aryl methyl sites for hydroxylation is 1. The Morgan fingerprint density at radius 3 is 2.20 bits per heavy atom. The van der Waals surface area contributed by atoms with Gasteiger partial charge in [0.1, 0.15) is 10.0 Å². The van der Waals surface area contributed by atoms with Crippen molar-refractivity contribution in [2.45, 2.75) is 38.0 Å². The van der Waals surface area contributed by atoms with Crippen molar-refractivity contribution in [3.05, 3.63) is 10.0 Å². The fraction of sp³-hybridized carbons (Fsp3) is 0.800. The molecule has 0 aliphatic heterocycles. The second-order valence-electron chi connectivity index (χ2n) is 4.01. The summed E-state index contributed by atoms with van der Waals surface area (Å²) in [5.74, 6) is -3.56. The molecule has 10 heteroatoms. The van der Waals surface area contributed by atoms with Crippen molar-refractivity contribution < 1.29 is 26.3 Å². The molecular formula is C10H13F6N3S. The second-order valence-corrected chi connectivity index (χ2v) is 5.10. The van der Waals surface area contributed by atoms with Crippen LogP contribution in [0.5, 0.6) is 0 Å². The van der Waals surface area contributed by atoms with E-state index in [0.29, 0.717) is 30.7 Å². The van der Waals surface area contributed by atoms with Crippen LogP contribution < -0.4 is 5.32 Å². The van der Waals surface area contributed by atoms with E-state index in [9.17, 15) is 26.3 Å². The summed E-state index contributed by atoms with van der Waals surface area (Å²) < 4.78 is 74.8. The molecule has 0 bridgehead atoms. The summed E-state index contributed by atoms with van der Waals surface area (Å²) >= 11 is 0.363. The smallest absolute Gasteiger partial charge is 0.317 e. The van der Waals surface area contributed by atoms with Crippen molar-refractivity contribution in [2.75, 3.05) is 13.1 Å². The Morgan fingerprint density at radius 2 is 1.70 bits per heavy atom. The van der Waals surface area contributed by atoms with Crippen LogP contribution in [0.3, 0.4) is 0 Å². The van der Waals surface area contributed by atoms with E-state index in [1.54, 1.807) is 0 Å². The van der Waals surface area contributed by atoms with E-state index in [1.165, 1.54) is 0 Å². The molecule has 1 heterocycles. The molecule has 116 valence electrons.